The maximum atomic E-state index is 13.0. The molecule has 4 aromatic rings. The Morgan fingerprint density at radius 2 is 1.76 bits per heavy atom. The molecule has 0 aliphatic heterocycles. The van der Waals surface area contributed by atoms with Crippen molar-refractivity contribution in [2.24, 2.45) is 14.1 Å². The number of anilines is 1. The first kappa shape index (κ1) is 22.5. The Morgan fingerprint density at radius 3 is 2.39 bits per heavy atom. The van der Waals surface area contributed by atoms with Crippen LogP contribution in [-0.4, -0.2) is 34.4 Å². The first-order chi connectivity index (χ1) is 15.5. The zero-order valence-electron chi connectivity index (χ0n) is 19.0. The summed E-state index contributed by atoms with van der Waals surface area (Å²) in [7, 11) is 2.85. The molecule has 0 bridgehead atoms. The van der Waals surface area contributed by atoms with E-state index in [2.05, 4.69) is 15.4 Å². The largest absolute Gasteiger partial charge is 0.332 e. The molecule has 0 spiro atoms. The second-order valence-corrected chi connectivity index (χ2v) is 9.14. The highest BCUT2D eigenvalue weighted by molar-refractivity contribution is 6.29. The number of rotatable bonds is 4. The Kier molecular flexibility index (Phi) is 5.49. The van der Waals surface area contributed by atoms with Crippen molar-refractivity contribution in [3.63, 3.8) is 0 Å². The smallest absolute Gasteiger partial charge is 0.309 e. The standard InChI is InChI=1S/C22H24ClN7O3/c1-22(2,3)14-11-15(30(26-14)13-9-7-6-8-10-13)24-16(31)12-29-17-18(25-20(29)23)27(4)21(33)28(5)19(17)32/h6-11H,12H2,1-5H3,(H,24,31). The molecule has 0 aliphatic carbocycles. The molecule has 0 aliphatic rings. The van der Waals surface area contributed by atoms with Crippen molar-refractivity contribution in [2.45, 2.75) is 32.7 Å². The number of hydrogen-bond donors (Lipinski definition) is 1. The minimum atomic E-state index is -0.579. The van der Waals surface area contributed by atoms with E-state index in [1.54, 1.807) is 4.68 Å². The number of hydrogen-bond acceptors (Lipinski definition) is 5. The highest BCUT2D eigenvalue weighted by atomic mass is 35.5. The van der Waals surface area contributed by atoms with Gasteiger partial charge in [-0.3, -0.25) is 23.3 Å². The van der Waals surface area contributed by atoms with Gasteiger partial charge in [0.05, 0.1) is 11.4 Å². The van der Waals surface area contributed by atoms with E-state index in [1.807, 2.05) is 57.2 Å². The van der Waals surface area contributed by atoms with Crippen LogP contribution in [0.4, 0.5) is 5.82 Å². The Bertz CT molecular complexity index is 1490. The maximum absolute atomic E-state index is 13.0. The van der Waals surface area contributed by atoms with Crippen LogP contribution in [0.5, 0.6) is 0 Å². The fourth-order valence-corrected chi connectivity index (χ4v) is 3.72. The number of para-hydroxylation sites is 1. The van der Waals surface area contributed by atoms with Gasteiger partial charge in [-0.1, -0.05) is 39.0 Å². The summed E-state index contributed by atoms with van der Waals surface area (Å²) in [5, 5.41) is 7.49. The highest BCUT2D eigenvalue weighted by Gasteiger charge is 2.23. The van der Waals surface area contributed by atoms with Crippen molar-refractivity contribution in [1.82, 2.24) is 28.5 Å². The van der Waals surface area contributed by atoms with Gasteiger partial charge in [0.15, 0.2) is 11.2 Å². The van der Waals surface area contributed by atoms with Gasteiger partial charge >= 0.3 is 5.69 Å². The second kappa shape index (κ2) is 8.04. The number of imidazole rings is 1. The van der Waals surface area contributed by atoms with E-state index >= 15 is 0 Å². The van der Waals surface area contributed by atoms with Gasteiger partial charge in [-0.25, -0.2) is 9.48 Å². The van der Waals surface area contributed by atoms with Crippen LogP contribution in [-0.2, 0) is 30.8 Å². The fourth-order valence-electron chi connectivity index (χ4n) is 3.49. The van der Waals surface area contributed by atoms with Crippen LogP contribution in [0.2, 0.25) is 5.28 Å². The molecule has 0 saturated heterocycles. The molecule has 0 saturated carbocycles. The average molecular weight is 470 g/mol. The summed E-state index contributed by atoms with van der Waals surface area (Å²) in [6.45, 7) is 5.84. The topological polar surface area (TPSA) is 109 Å². The van der Waals surface area contributed by atoms with Crippen LogP contribution in [0.1, 0.15) is 26.5 Å². The van der Waals surface area contributed by atoms with E-state index in [9.17, 15) is 14.4 Å². The van der Waals surface area contributed by atoms with Crippen LogP contribution < -0.4 is 16.6 Å². The molecule has 4 rings (SSSR count). The minimum Gasteiger partial charge on any atom is -0.309 e. The molecular formula is C22H24ClN7O3. The van der Waals surface area contributed by atoms with Gasteiger partial charge < -0.3 is 5.32 Å². The van der Waals surface area contributed by atoms with Crippen molar-refractivity contribution >= 4 is 34.5 Å². The molecule has 10 nitrogen and oxygen atoms in total. The number of carbonyl (C=O) groups is 1. The summed E-state index contributed by atoms with van der Waals surface area (Å²) in [5.41, 5.74) is 0.441. The van der Waals surface area contributed by atoms with Gasteiger partial charge in [0.25, 0.3) is 5.56 Å². The molecule has 1 amide bonds. The number of aryl methyl sites for hydroxylation is 1. The molecule has 0 unspecified atom stereocenters. The Labute approximate surface area is 194 Å². The van der Waals surface area contributed by atoms with Crippen LogP contribution in [0.25, 0.3) is 16.9 Å². The predicted octanol–water partition coefficient (Wildman–Crippen LogP) is 2.21. The van der Waals surface area contributed by atoms with Gasteiger partial charge in [-0.05, 0) is 23.7 Å². The van der Waals surface area contributed by atoms with Crippen LogP contribution in [0.15, 0.2) is 46.0 Å². The van der Waals surface area contributed by atoms with Crippen molar-refractivity contribution in [3.05, 3.63) is 68.2 Å². The summed E-state index contributed by atoms with van der Waals surface area (Å²) in [6.07, 6.45) is 0. The molecular weight excluding hydrogens is 446 g/mol. The molecule has 0 fully saturated rings. The van der Waals surface area contributed by atoms with E-state index in [0.717, 1.165) is 15.9 Å². The number of carbonyl (C=O) groups excluding carboxylic acids is 1. The van der Waals surface area contributed by atoms with E-state index in [-0.39, 0.29) is 28.4 Å². The zero-order valence-corrected chi connectivity index (χ0v) is 19.7. The summed E-state index contributed by atoms with van der Waals surface area (Å²) in [6, 6.07) is 11.3. The number of nitrogens with zero attached hydrogens (tertiary/aromatic N) is 6. The van der Waals surface area contributed by atoms with Gasteiger partial charge in [-0.2, -0.15) is 10.1 Å². The quantitative estimate of drug-likeness (QED) is 0.461. The molecule has 1 aromatic carbocycles. The van der Waals surface area contributed by atoms with Crippen molar-refractivity contribution < 1.29 is 4.79 Å². The summed E-state index contributed by atoms with van der Waals surface area (Å²) < 4.78 is 5.13. The Hall–Kier alpha value is -3.66. The lowest BCUT2D eigenvalue weighted by atomic mass is 9.92. The van der Waals surface area contributed by atoms with Crippen LogP contribution in [0, 0.1) is 0 Å². The second-order valence-electron chi connectivity index (χ2n) is 8.81. The highest BCUT2D eigenvalue weighted by Crippen LogP contribution is 2.26. The lowest BCUT2D eigenvalue weighted by molar-refractivity contribution is -0.116. The maximum Gasteiger partial charge on any atom is 0.332 e. The van der Waals surface area contributed by atoms with E-state index in [1.165, 1.54) is 23.2 Å². The molecule has 33 heavy (non-hydrogen) atoms. The summed E-state index contributed by atoms with van der Waals surface area (Å²) in [4.78, 5) is 42.0. The van der Waals surface area contributed by atoms with Crippen LogP contribution >= 0.6 is 11.6 Å². The third-order valence-corrected chi connectivity index (χ3v) is 5.64. The molecule has 172 valence electrons. The number of benzene rings is 1. The zero-order chi connectivity index (χ0) is 24.1. The molecule has 1 N–H and O–H groups in total. The minimum absolute atomic E-state index is 0.0644. The lowest BCUT2D eigenvalue weighted by Gasteiger charge is -2.14. The number of nitrogens with one attached hydrogen (secondary N) is 1. The first-order valence-electron chi connectivity index (χ1n) is 10.3. The Morgan fingerprint density at radius 1 is 1.09 bits per heavy atom. The van der Waals surface area contributed by atoms with Crippen molar-refractivity contribution in [1.29, 1.82) is 0 Å². The van der Waals surface area contributed by atoms with Gasteiger partial charge in [-0.15, -0.1) is 0 Å². The third-order valence-electron chi connectivity index (χ3n) is 5.35. The van der Waals surface area contributed by atoms with Gasteiger partial charge in [0.1, 0.15) is 12.4 Å². The van der Waals surface area contributed by atoms with Gasteiger partial charge in [0, 0.05) is 25.6 Å². The molecule has 3 heterocycles. The number of halogens is 1. The van der Waals surface area contributed by atoms with E-state index in [4.69, 9.17) is 11.6 Å². The fraction of sp³-hybridized carbons (Fsp3) is 0.318. The number of amides is 1. The lowest BCUT2D eigenvalue weighted by Crippen LogP contribution is -2.37. The van der Waals surface area contributed by atoms with Crippen molar-refractivity contribution in [2.75, 3.05) is 5.32 Å². The average Bonchev–Trinajstić information content (AvgIpc) is 3.33. The molecule has 0 atom stereocenters. The van der Waals surface area contributed by atoms with Gasteiger partial charge in [0.2, 0.25) is 11.2 Å². The molecule has 0 radical (unpaired) electrons. The summed E-state index contributed by atoms with van der Waals surface area (Å²) in [5.74, 6) is 0.0571. The monoisotopic (exact) mass is 469 g/mol. The van der Waals surface area contributed by atoms with Crippen LogP contribution in [0.3, 0.4) is 0 Å². The number of aromatic nitrogens is 6. The van der Waals surface area contributed by atoms with Crippen molar-refractivity contribution in [3.8, 4) is 5.69 Å². The predicted molar refractivity (Wildman–Crippen MR) is 126 cm³/mol. The number of fused-ring (bicyclic) bond motifs is 1. The summed E-state index contributed by atoms with van der Waals surface area (Å²) >= 11 is 6.25. The third kappa shape index (κ3) is 3.97. The normalized spacial score (nSPS) is 11.8. The SMILES string of the molecule is Cn1c(=O)c2c(nc(Cl)n2CC(=O)Nc2cc(C(C)(C)C)nn2-c2ccccc2)n(C)c1=O. The first-order valence-corrected chi connectivity index (χ1v) is 10.6. The Balaban J connectivity index is 1.73. The van der Waals surface area contributed by atoms with E-state index in [0.29, 0.717) is 5.82 Å². The molecule has 3 aromatic heterocycles. The van der Waals surface area contributed by atoms with E-state index < -0.39 is 17.2 Å². The molecule has 11 heteroatoms.